The molecule has 9 nitrogen and oxygen atoms in total. The number of likely N-dealkylation sites (tertiary alicyclic amines) is 1. The van der Waals surface area contributed by atoms with Gasteiger partial charge in [-0.15, -0.1) is 34.2 Å². The summed E-state index contributed by atoms with van der Waals surface area (Å²) < 4.78 is 13.0. The van der Waals surface area contributed by atoms with E-state index in [0.717, 1.165) is 69.7 Å². The summed E-state index contributed by atoms with van der Waals surface area (Å²) in [6, 6.07) is 4.18. The first kappa shape index (κ1) is 25.6. The smallest absolute Gasteiger partial charge is 0.191 e. The van der Waals surface area contributed by atoms with Crippen molar-refractivity contribution in [3.05, 3.63) is 36.3 Å². The third kappa shape index (κ3) is 8.08. The van der Waals surface area contributed by atoms with Gasteiger partial charge in [0.25, 0.3) is 0 Å². The fourth-order valence-electron chi connectivity index (χ4n) is 3.73. The summed E-state index contributed by atoms with van der Waals surface area (Å²) in [5.74, 6) is 2.79. The van der Waals surface area contributed by atoms with Crippen molar-refractivity contribution in [3.8, 4) is 0 Å². The van der Waals surface area contributed by atoms with Gasteiger partial charge in [-0.2, -0.15) is 0 Å². The SMILES string of the molecule is CCc1nncn1CCNC(=NCC(c1ccco1)N1CCCC1)NCCCOC.I. The highest BCUT2D eigenvalue weighted by Gasteiger charge is 2.25. The summed E-state index contributed by atoms with van der Waals surface area (Å²) in [5, 5.41) is 15.0. The molecule has 0 aromatic carbocycles. The molecule has 3 rings (SSSR count). The molecule has 2 aromatic heterocycles. The van der Waals surface area contributed by atoms with Gasteiger partial charge in [0.1, 0.15) is 17.9 Å². The summed E-state index contributed by atoms with van der Waals surface area (Å²) in [4.78, 5) is 7.36. The van der Waals surface area contributed by atoms with Crippen molar-refractivity contribution < 1.29 is 9.15 Å². The van der Waals surface area contributed by atoms with E-state index in [1.807, 2.05) is 6.07 Å². The molecule has 174 valence electrons. The van der Waals surface area contributed by atoms with Gasteiger partial charge in [-0.25, -0.2) is 0 Å². The standard InChI is InChI=1S/C21H35N7O2.HI/c1-3-20-26-25-17-28(20)13-10-23-21(22-9-7-14-29-2)24-16-18(19-8-6-15-30-19)27-11-4-5-12-27;/h6,8,15,17-18H,3-5,7,9-14,16H2,1-2H3,(H2,22,23,24);1H. The van der Waals surface area contributed by atoms with Crippen molar-refractivity contribution in [1.82, 2.24) is 30.3 Å². The van der Waals surface area contributed by atoms with Crippen LogP contribution in [-0.2, 0) is 17.7 Å². The Balaban J connectivity index is 0.00000341. The van der Waals surface area contributed by atoms with E-state index in [1.54, 1.807) is 19.7 Å². The van der Waals surface area contributed by atoms with Crippen LogP contribution >= 0.6 is 24.0 Å². The lowest BCUT2D eigenvalue weighted by Gasteiger charge is -2.24. The second-order valence-electron chi connectivity index (χ2n) is 7.46. The van der Waals surface area contributed by atoms with Crippen LogP contribution in [0.15, 0.2) is 34.1 Å². The second kappa shape index (κ2) is 14.4. The minimum absolute atomic E-state index is 0. The number of nitrogens with zero attached hydrogens (tertiary/aromatic N) is 5. The van der Waals surface area contributed by atoms with Crippen molar-refractivity contribution in [2.75, 3.05) is 46.4 Å². The van der Waals surface area contributed by atoms with Crippen molar-refractivity contribution in [3.63, 3.8) is 0 Å². The number of halogens is 1. The number of methoxy groups -OCH3 is 1. The fraction of sp³-hybridized carbons (Fsp3) is 0.667. The number of rotatable bonds is 12. The Morgan fingerprint density at radius 3 is 2.81 bits per heavy atom. The number of nitrogens with one attached hydrogen (secondary N) is 2. The van der Waals surface area contributed by atoms with Crippen LogP contribution in [0.4, 0.5) is 0 Å². The topological polar surface area (TPSA) is 92.7 Å². The van der Waals surface area contributed by atoms with E-state index in [0.29, 0.717) is 6.54 Å². The number of hydrogen-bond donors (Lipinski definition) is 2. The van der Waals surface area contributed by atoms with Crippen LogP contribution in [0, 0.1) is 0 Å². The van der Waals surface area contributed by atoms with Gasteiger partial charge in [0.05, 0.1) is 18.8 Å². The maximum atomic E-state index is 5.72. The number of ether oxygens (including phenoxy) is 1. The molecule has 2 N–H and O–H groups in total. The van der Waals surface area contributed by atoms with Crippen molar-refractivity contribution >= 4 is 29.9 Å². The molecule has 0 amide bonds. The van der Waals surface area contributed by atoms with Crippen LogP contribution in [0.2, 0.25) is 0 Å². The molecule has 0 radical (unpaired) electrons. The maximum Gasteiger partial charge on any atom is 0.191 e. The number of guanidine groups is 1. The average Bonchev–Trinajstić information content (AvgIpc) is 3.54. The first-order chi connectivity index (χ1) is 14.8. The predicted octanol–water partition coefficient (Wildman–Crippen LogP) is 2.46. The molecule has 1 aliphatic rings. The molecule has 2 aromatic rings. The van der Waals surface area contributed by atoms with E-state index in [4.69, 9.17) is 14.1 Å². The number of aromatic nitrogens is 3. The predicted molar refractivity (Wildman–Crippen MR) is 132 cm³/mol. The Morgan fingerprint density at radius 1 is 1.29 bits per heavy atom. The van der Waals surface area contributed by atoms with Crippen LogP contribution in [0.25, 0.3) is 0 Å². The summed E-state index contributed by atoms with van der Waals surface area (Å²) in [7, 11) is 1.72. The van der Waals surface area contributed by atoms with Gasteiger partial charge in [-0.3, -0.25) is 9.89 Å². The first-order valence-corrected chi connectivity index (χ1v) is 11.0. The molecule has 0 bridgehead atoms. The molecular formula is C21H36IN7O2. The molecule has 1 unspecified atom stereocenters. The normalized spacial score (nSPS) is 15.6. The van der Waals surface area contributed by atoms with Gasteiger partial charge in [-0.05, 0) is 44.5 Å². The van der Waals surface area contributed by atoms with Crippen molar-refractivity contribution in [1.29, 1.82) is 0 Å². The molecule has 1 aliphatic heterocycles. The van der Waals surface area contributed by atoms with Crippen molar-refractivity contribution in [2.24, 2.45) is 4.99 Å². The molecule has 31 heavy (non-hydrogen) atoms. The zero-order valence-corrected chi connectivity index (χ0v) is 21.0. The van der Waals surface area contributed by atoms with Gasteiger partial charge in [0, 0.05) is 39.8 Å². The Hall–Kier alpha value is -1.66. The lowest BCUT2D eigenvalue weighted by atomic mass is 10.2. The summed E-state index contributed by atoms with van der Waals surface area (Å²) >= 11 is 0. The van der Waals surface area contributed by atoms with E-state index >= 15 is 0 Å². The molecule has 3 heterocycles. The molecule has 0 aliphatic carbocycles. The van der Waals surface area contributed by atoms with E-state index < -0.39 is 0 Å². The van der Waals surface area contributed by atoms with E-state index in [2.05, 4.69) is 43.3 Å². The van der Waals surface area contributed by atoms with Gasteiger partial charge in [-0.1, -0.05) is 6.92 Å². The second-order valence-corrected chi connectivity index (χ2v) is 7.46. The summed E-state index contributed by atoms with van der Waals surface area (Å²) in [6.45, 7) is 8.01. The number of hydrogen-bond acceptors (Lipinski definition) is 6. The zero-order valence-electron chi connectivity index (χ0n) is 18.6. The zero-order chi connectivity index (χ0) is 21.0. The highest BCUT2D eigenvalue weighted by atomic mass is 127. The fourth-order valence-corrected chi connectivity index (χ4v) is 3.73. The molecule has 10 heteroatoms. The molecular weight excluding hydrogens is 509 g/mol. The van der Waals surface area contributed by atoms with Crippen LogP contribution < -0.4 is 10.6 Å². The van der Waals surface area contributed by atoms with Crippen LogP contribution in [0.1, 0.15) is 43.8 Å². The molecule has 1 fully saturated rings. The third-order valence-corrected chi connectivity index (χ3v) is 5.35. The monoisotopic (exact) mass is 545 g/mol. The van der Waals surface area contributed by atoms with Crippen molar-refractivity contribution in [2.45, 2.75) is 45.2 Å². The van der Waals surface area contributed by atoms with Crippen LogP contribution in [-0.4, -0.2) is 72.1 Å². The van der Waals surface area contributed by atoms with Crippen LogP contribution in [0.5, 0.6) is 0 Å². The Kier molecular flexibility index (Phi) is 11.9. The van der Waals surface area contributed by atoms with Gasteiger partial charge < -0.3 is 24.4 Å². The largest absolute Gasteiger partial charge is 0.468 e. The minimum Gasteiger partial charge on any atom is -0.468 e. The number of aliphatic imine (C=N–C) groups is 1. The van der Waals surface area contributed by atoms with Gasteiger partial charge in [0.15, 0.2) is 5.96 Å². The maximum absolute atomic E-state index is 5.72. The van der Waals surface area contributed by atoms with E-state index in [-0.39, 0.29) is 30.0 Å². The van der Waals surface area contributed by atoms with Gasteiger partial charge in [0.2, 0.25) is 0 Å². The molecule has 1 atom stereocenters. The van der Waals surface area contributed by atoms with Gasteiger partial charge >= 0.3 is 0 Å². The Labute approximate surface area is 202 Å². The number of aryl methyl sites for hydroxylation is 1. The lowest BCUT2D eigenvalue weighted by molar-refractivity contribution is 0.195. The lowest BCUT2D eigenvalue weighted by Crippen LogP contribution is -2.40. The minimum atomic E-state index is 0. The Morgan fingerprint density at radius 2 is 2.10 bits per heavy atom. The Bertz CT molecular complexity index is 745. The quantitative estimate of drug-likeness (QED) is 0.183. The average molecular weight is 545 g/mol. The first-order valence-electron chi connectivity index (χ1n) is 11.0. The number of furan rings is 1. The summed E-state index contributed by atoms with van der Waals surface area (Å²) in [5.41, 5.74) is 0. The highest BCUT2D eigenvalue weighted by Crippen LogP contribution is 2.25. The molecule has 1 saturated heterocycles. The molecule has 0 saturated carbocycles. The van der Waals surface area contributed by atoms with E-state index in [9.17, 15) is 0 Å². The molecule has 0 spiro atoms. The summed E-state index contributed by atoms with van der Waals surface area (Å²) in [6.07, 6.45) is 7.80. The third-order valence-electron chi connectivity index (χ3n) is 5.35. The highest BCUT2D eigenvalue weighted by molar-refractivity contribution is 14.0. The van der Waals surface area contributed by atoms with Crippen LogP contribution in [0.3, 0.4) is 0 Å². The van der Waals surface area contributed by atoms with E-state index in [1.165, 1.54) is 12.8 Å².